The number of fused-ring (bicyclic) bond motifs is 4. The van der Waals surface area contributed by atoms with Gasteiger partial charge in [0.2, 0.25) is 11.8 Å². The number of allylic oxidation sites excluding steroid dienone is 1. The summed E-state index contributed by atoms with van der Waals surface area (Å²) in [5.41, 5.74) is 5.22. The van der Waals surface area contributed by atoms with Crippen molar-refractivity contribution in [3.8, 4) is 11.5 Å². The first-order valence-electron chi connectivity index (χ1n) is 15.9. The second-order valence-electron chi connectivity index (χ2n) is 12.2. The Morgan fingerprint density at radius 2 is 1.60 bits per heavy atom. The van der Waals surface area contributed by atoms with Crippen molar-refractivity contribution in [2.24, 2.45) is 17.8 Å². The Morgan fingerprint density at radius 1 is 0.889 bits per heavy atom. The van der Waals surface area contributed by atoms with Crippen molar-refractivity contribution >= 4 is 34.4 Å². The summed E-state index contributed by atoms with van der Waals surface area (Å²) in [6.45, 7) is 2.95. The lowest BCUT2D eigenvalue weighted by molar-refractivity contribution is -0.122. The van der Waals surface area contributed by atoms with E-state index in [1.807, 2.05) is 91.0 Å². The monoisotopic (exact) mass is 599 g/mol. The van der Waals surface area contributed by atoms with Crippen LogP contribution in [0.3, 0.4) is 0 Å². The number of rotatable bonds is 9. The Bertz CT molecular complexity index is 1790. The van der Waals surface area contributed by atoms with Crippen LogP contribution in [0.5, 0.6) is 11.5 Å². The van der Waals surface area contributed by atoms with E-state index in [-0.39, 0.29) is 29.6 Å². The molecule has 2 aliphatic heterocycles. The summed E-state index contributed by atoms with van der Waals surface area (Å²) in [5.74, 6) is -0.197. The van der Waals surface area contributed by atoms with Crippen molar-refractivity contribution < 1.29 is 24.2 Å². The number of aromatic hydroxyl groups is 1. The molecule has 6 heteroatoms. The van der Waals surface area contributed by atoms with Gasteiger partial charge in [-0.15, -0.1) is 0 Å². The quantitative estimate of drug-likeness (QED) is 0.158. The lowest BCUT2D eigenvalue weighted by atomic mass is 9.69. The van der Waals surface area contributed by atoms with E-state index < -0.39 is 11.8 Å². The van der Waals surface area contributed by atoms with Gasteiger partial charge in [0.25, 0.3) is 0 Å². The molecule has 0 spiro atoms. The van der Waals surface area contributed by atoms with E-state index >= 15 is 0 Å². The molecule has 7 rings (SSSR count). The fourth-order valence-electron chi connectivity index (χ4n) is 7.44. The van der Waals surface area contributed by atoms with E-state index in [1.165, 1.54) is 10.5 Å². The van der Waals surface area contributed by atoms with Gasteiger partial charge in [-0.2, -0.15) is 0 Å². The Morgan fingerprint density at radius 3 is 2.36 bits per heavy atom. The fraction of sp³-hybridized carbons (Fsp3) is 0.282. The first-order valence-corrected chi connectivity index (χ1v) is 15.9. The number of hydrogen-bond acceptors (Lipinski definition) is 5. The first-order chi connectivity index (χ1) is 22.0. The molecule has 6 nitrogen and oxygen atoms in total. The molecule has 0 aromatic heterocycles. The van der Waals surface area contributed by atoms with Crippen molar-refractivity contribution in [3.63, 3.8) is 0 Å². The predicted octanol–water partition coefficient (Wildman–Crippen LogP) is 7.72. The van der Waals surface area contributed by atoms with Crippen LogP contribution in [0.2, 0.25) is 0 Å². The number of hydrogen-bond donors (Lipinski definition) is 1. The predicted molar refractivity (Wildman–Crippen MR) is 176 cm³/mol. The molecule has 0 radical (unpaired) electrons. The molecule has 3 aliphatic rings. The third-order valence-electron chi connectivity index (χ3n) is 9.65. The molecule has 2 saturated heterocycles. The number of anilines is 1. The summed E-state index contributed by atoms with van der Waals surface area (Å²) in [7, 11) is 0. The van der Waals surface area contributed by atoms with Gasteiger partial charge in [-0.05, 0) is 78.1 Å². The third-order valence-corrected chi connectivity index (χ3v) is 9.65. The summed E-state index contributed by atoms with van der Waals surface area (Å²) < 4.78 is 12.7. The van der Waals surface area contributed by atoms with E-state index in [4.69, 9.17) is 9.47 Å². The topological polar surface area (TPSA) is 76.1 Å². The number of ether oxygens (including phenoxy) is 2. The number of benzene rings is 4. The van der Waals surface area contributed by atoms with E-state index in [1.54, 1.807) is 6.07 Å². The summed E-state index contributed by atoms with van der Waals surface area (Å²) in [4.78, 5) is 29.1. The van der Waals surface area contributed by atoms with Crippen LogP contribution in [0.4, 0.5) is 5.69 Å². The number of carbonyl (C=O) groups excluding carboxylic acids is 2. The van der Waals surface area contributed by atoms with Crippen LogP contribution in [0, 0.1) is 17.8 Å². The van der Waals surface area contributed by atoms with Gasteiger partial charge in [0, 0.05) is 11.3 Å². The number of para-hydroxylation sites is 2. The van der Waals surface area contributed by atoms with E-state index in [9.17, 15) is 14.7 Å². The van der Waals surface area contributed by atoms with Gasteiger partial charge in [-0.3, -0.25) is 14.5 Å². The number of phenolic OH excluding ortho intramolecular Hbond substituents is 1. The Labute approximate surface area is 263 Å². The average molecular weight is 600 g/mol. The Kier molecular flexibility index (Phi) is 7.99. The van der Waals surface area contributed by atoms with Crippen LogP contribution < -0.4 is 9.64 Å². The summed E-state index contributed by atoms with van der Waals surface area (Å²) >= 11 is 0. The van der Waals surface area contributed by atoms with Crippen LogP contribution in [0.1, 0.15) is 38.2 Å². The first kappa shape index (κ1) is 29.1. The molecule has 0 saturated carbocycles. The molecular weight excluding hydrogens is 562 g/mol. The highest BCUT2D eigenvalue weighted by Gasteiger charge is 2.57. The van der Waals surface area contributed by atoms with Crippen LogP contribution in [0.15, 0.2) is 114 Å². The molecule has 0 unspecified atom stereocenters. The zero-order chi connectivity index (χ0) is 30.9. The molecule has 2 heterocycles. The van der Waals surface area contributed by atoms with Gasteiger partial charge < -0.3 is 14.6 Å². The summed E-state index contributed by atoms with van der Waals surface area (Å²) in [6, 6.07) is 30.6. The number of nitrogens with zero attached hydrogens (tertiary/aromatic N) is 1. The molecule has 4 aromatic carbocycles. The normalized spacial score (nSPS) is 23.0. The lowest BCUT2D eigenvalue weighted by Gasteiger charge is -2.31. The van der Waals surface area contributed by atoms with Crippen molar-refractivity contribution in [2.75, 3.05) is 18.1 Å². The zero-order valence-electron chi connectivity index (χ0n) is 25.4. The molecule has 0 bridgehead atoms. The number of carbonyl (C=O) groups is 2. The number of phenols is 1. The van der Waals surface area contributed by atoms with E-state index in [0.717, 1.165) is 52.5 Å². The lowest BCUT2D eigenvalue weighted by Crippen LogP contribution is -2.35. The minimum absolute atomic E-state index is 0.126. The van der Waals surface area contributed by atoms with Gasteiger partial charge in [0.15, 0.2) is 0 Å². The maximum atomic E-state index is 13.9. The zero-order valence-corrected chi connectivity index (χ0v) is 25.4. The molecule has 2 amide bonds. The Hall–Kier alpha value is -4.68. The smallest absolute Gasteiger partial charge is 0.238 e. The third kappa shape index (κ3) is 5.44. The van der Waals surface area contributed by atoms with E-state index in [0.29, 0.717) is 25.3 Å². The Balaban J connectivity index is 1.17. The maximum Gasteiger partial charge on any atom is 0.238 e. The highest BCUT2D eigenvalue weighted by atomic mass is 16.5. The molecule has 4 aromatic rings. The molecule has 1 aliphatic carbocycles. The average Bonchev–Trinajstić information content (AvgIpc) is 3.61. The van der Waals surface area contributed by atoms with Crippen LogP contribution >= 0.6 is 0 Å². The van der Waals surface area contributed by atoms with Gasteiger partial charge in [-0.1, -0.05) is 85.3 Å². The fourth-order valence-corrected chi connectivity index (χ4v) is 7.44. The van der Waals surface area contributed by atoms with Crippen molar-refractivity contribution in [1.29, 1.82) is 0 Å². The largest absolute Gasteiger partial charge is 0.507 e. The molecule has 4 atom stereocenters. The van der Waals surface area contributed by atoms with Crippen LogP contribution in [-0.2, 0) is 14.3 Å². The molecule has 2 fully saturated rings. The van der Waals surface area contributed by atoms with Gasteiger partial charge in [-0.25, -0.2) is 0 Å². The molecule has 228 valence electrons. The highest BCUT2D eigenvalue weighted by Crippen LogP contribution is 2.50. The van der Waals surface area contributed by atoms with Crippen LogP contribution in [-0.4, -0.2) is 36.2 Å². The highest BCUT2D eigenvalue weighted by molar-refractivity contribution is 6.22. The van der Waals surface area contributed by atoms with Crippen molar-refractivity contribution in [2.45, 2.75) is 38.7 Å². The van der Waals surface area contributed by atoms with Gasteiger partial charge in [0.05, 0.1) is 30.2 Å². The maximum absolute atomic E-state index is 13.9. The van der Waals surface area contributed by atoms with Crippen LogP contribution in [0.25, 0.3) is 16.8 Å². The number of amides is 2. The number of imide groups is 1. The van der Waals surface area contributed by atoms with Crippen molar-refractivity contribution in [3.05, 3.63) is 119 Å². The molecule has 45 heavy (non-hydrogen) atoms. The van der Waals surface area contributed by atoms with Gasteiger partial charge >= 0.3 is 0 Å². The summed E-state index contributed by atoms with van der Waals surface area (Å²) in [5, 5.41) is 12.2. The minimum Gasteiger partial charge on any atom is -0.507 e. The second kappa shape index (κ2) is 12.4. The minimum atomic E-state index is -0.428. The summed E-state index contributed by atoms with van der Waals surface area (Å²) in [6.07, 6.45) is 5.07. The second-order valence-corrected chi connectivity index (χ2v) is 12.2. The van der Waals surface area contributed by atoms with Crippen molar-refractivity contribution in [1.82, 2.24) is 0 Å². The molecular formula is C39H37NO5. The SMILES string of the molecule is CC/C(=C\c1ccc(O)c2ccccc12)CC[C@H]1OC[C@H]2C1=C(COc1ccccc1)C[C@H]1C(=O)N(c3ccccc3)C(=O)[C@H]12. The van der Waals surface area contributed by atoms with Gasteiger partial charge in [0.1, 0.15) is 18.1 Å². The molecule has 1 N–H and O–H groups in total. The standard InChI is InChI=1S/C39H37NO5/c1-2-25(21-26-18-19-34(41)31-16-10-9-15-30(26)31)17-20-35-36-27(23-44-29-13-7-4-8-14-29)22-32-37(33(36)24-45-35)39(43)40(38(32)42)28-11-5-3-6-12-28/h3-16,18-19,21,32-33,35,37,41H,2,17,20,22-24H2,1H3/b25-21+/t32-,33+,35-,37-/m1/s1. The van der Waals surface area contributed by atoms with E-state index in [2.05, 4.69) is 13.0 Å².